The molecule has 0 bridgehead atoms. The van der Waals surface area contributed by atoms with Crippen molar-refractivity contribution in [1.82, 2.24) is 14.8 Å². The Morgan fingerprint density at radius 1 is 1.19 bits per heavy atom. The van der Waals surface area contributed by atoms with Crippen LogP contribution in [0, 0.1) is 0 Å². The van der Waals surface area contributed by atoms with E-state index in [-0.39, 0.29) is 11.6 Å². The number of nitrogens with zero attached hydrogens (tertiary/aromatic N) is 3. The molecule has 7 nitrogen and oxygen atoms in total. The number of rotatable bonds is 5. The number of aromatic nitrogens is 3. The number of esters is 1. The third-order valence-corrected chi connectivity index (χ3v) is 4.08. The minimum atomic E-state index is -1.03. The molecule has 138 valence electrons. The summed E-state index contributed by atoms with van der Waals surface area (Å²) in [5, 5.41) is 14.3. The van der Waals surface area contributed by atoms with Gasteiger partial charge in [-0.25, -0.2) is 19.3 Å². The second-order valence-corrected chi connectivity index (χ2v) is 6.27. The van der Waals surface area contributed by atoms with Crippen molar-refractivity contribution in [3.63, 3.8) is 0 Å². The molecule has 7 heteroatoms. The van der Waals surface area contributed by atoms with Crippen LogP contribution in [0.5, 0.6) is 0 Å². The largest absolute Gasteiger partial charge is 0.478 e. The number of fused-ring (bicyclic) bond motifs is 1. The predicted octanol–water partition coefficient (Wildman–Crippen LogP) is 3.67. The number of pyridine rings is 1. The zero-order chi connectivity index (χ0) is 19.6. The fraction of sp³-hybridized carbons (Fsp3) is 0.200. The Bertz CT molecular complexity index is 1030. The first-order valence-electron chi connectivity index (χ1n) is 8.38. The number of hydrogen-bond acceptors (Lipinski definition) is 5. The normalized spacial score (nSPS) is 11.4. The van der Waals surface area contributed by atoms with Crippen molar-refractivity contribution in [2.45, 2.75) is 19.9 Å². The summed E-state index contributed by atoms with van der Waals surface area (Å²) < 4.78 is 6.37. The topological polar surface area (TPSA) is 94.3 Å². The van der Waals surface area contributed by atoms with E-state index < -0.39 is 11.9 Å². The molecule has 0 unspecified atom stereocenters. The van der Waals surface area contributed by atoms with Gasteiger partial charge in [0.15, 0.2) is 5.65 Å². The number of carboxylic acids is 1. The van der Waals surface area contributed by atoms with E-state index in [1.54, 1.807) is 41.1 Å². The van der Waals surface area contributed by atoms with E-state index in [1.165, 1.54) is 19.4 Å². The number of methoxy groups -OCH3 is 1. The van der Waals surface area contributed by atoms with Gasteiger partial charge in [-0.05, 0) is 43.7 Å². The van der Waals surface area contributed by atoms with Crippen molar-refractivity contribution in [3.8, 4) is 0 Å². The molecular weight excluding hydrogens is 346 g/mol. The van der Waals surface area contributed by atoms with Crippen LogP contribution in [0.2, 0.25) is 0 Å². The summed E-state index contributed by atoms with van der Waals surface area (Å²) in [6, 6.07) is 8.46. The molecule has 0 fully saturated rings. The summed E-state index contributed by atoms with van der Waals surface area (Å²) in [6.45, 7) is 3.92. The molecular formula is C20H19N3O4. The summed E-state index contributed by atoms with van der Waals surface area (Å²) in [5.41, 5.74) is 2.51. The Hall–Kier alpha value is -3.48. The molecule has 0 aliphatic carbocycles. The molecule has 3 aromatic rings. The van der Waals surface area contributed by atoms with Gasteiger partial charge in [0.1, 0.15) is 0 Å². The summed E-state index contributed by atoms with van der Waals surface area (Å²) in [5.74, 6) is -1.42. The average Bonchev–Trinajstić information content (AvgIpc) is 3.09. The van der Waals surface area contributed by atoms with E-state index in [0.717, 1.165) is 5.56 Å². The monoisotopic (exact) mass is 365 g/mol. The highest BCUT2D eigenvalue weighted by atomic mass is 16.5. The molecule has 0 atom stereocenters. The molecule has 0 aliphatic rings. The lowest BCUT2D eigenvalue weighted by Gasteiger charge is -2.07. The smallest absolute Gasteiger partial charge is 0.337 e. The van der Waals surface area contributed by atoms with E-state index in [4.69, 9.17) is 0 Å². The van der Waals surface area contributed by atoms with Gasteiger partial charge >= 0.3 is 11.9 Å². The Morgan fingerprint density at radius 2 is 1.89 bits per heavy atom. The summed E-state index contributed by atoms with van der Waals surface area (Å²) in [7, 11) is 1.33. The van der Waals surface area contributed by atoms with Gasteiger partial charge in [-0.1, -0.05) is 18.2 Å². The number of carbonyl (C=O) groups excluding carboxylic acids is 1. The van der Waals surface area contributed by atoms with E-state index in [1.807, 2.05) is 13.8 Å². The number of ether oxygens (including phenoxy) is 1. The maximum absolute atomic E-state index is 11.6. The maximum atomic E-state index is 11.6. The van der Waals surface area contributed by atoms with E-state index in [0.29, 0.717) is 22.3 Å². The van der Waals surface area contributed by atoms with Gasteiger partial charge in [0.25, 0.3) is 0 Å². The van der Waals surface area contributed by atoms with Crippen LogP contribution in [-0.2, 0) is 4.74 Å². The highest BCUT2D eigenvalue weighted by molar-refractivity contribution is 6.02. The lowest BCUT2D eigenvalue weighted by Crippen LogP contribution is -2.05. The number of carboxylic acid groups (broad SMARTS) is 1. The summed E-state index contributed by atoms with van der Waals surface area (Å²) in [4.78, 5) is 27.6. The van der Waals surface area contributed by atoms with Gasteiger partial charge in [0.2, 0.25) is 0 Å². The van der Waals surface area contributed by atoms with Crippen molar-refractivity contribution in [1.29, 1.82) is 0 Å². The molecule has 1 N–H and O–H groups in total. The van der Waals surface area contributed by atoms with Crippen molar-refractivity contribution < 1.29 is 19.4 Å². The Morgan fingerprint density at radius 3 is 2.48 bits per heavy atom. The van der Waals surface area contributed by atoms with Crippen LogP contribution in [0.15, 0.2) is 36.5 Å². The Labute approximate surface area is 155 Å². The second kappa shape index (κ2) is 7.41. The molecule has 2 heterocycles. The highest BCUT2D eigenvalue weighted by Gasteiger charge is 2.16. The fourth-order valence-electron chi connectivity index (χ4n) is 2.71. The third-order valence-electron chi connectivity index (χ3n) is 4.08. The number of hydrogen-bond donors (Lipinski definition) is 1. The van der Waals surface area contributed by atoms with Crippen LogP contribution in [0.1, 0.15) is 51.9 Å². The zero-order valence-electron chi connectivity index (χ0n) is 15.2. The minimum Gasteiger partial charge on any atom is -0.478 e. The predicted molar refractivity (Wildman–Crippen MR) is 102 cm³/mol. The Kier molecular flexibility index (Phi) is 5.03. The van der Waals surface area contributed by atoms with Gasteiger partial charge in [-0.2, -0.15) is 5.10 Å². The fourth-order valence-corrected chi connectivity index (χ4v) is 2.71. The summed E-state index contributed by atoms with van der Waals surface area (Å²) >= 11 is 0. The van der Waals surface area contributed by atoms with Crippen LogP contribution in [0.3, 0.4) is 0 Å². The van der Waals surface area contributed by atoms with Gasteiger partial charge in [-0.3, -0.25) is 0 Å². The van der Waals surface area contributed by atoms with Gasteiger partial charge in [-0.15, -0.1) is 0 Å². The number of benzene rings is 1. The first-order valence-corrected chi connectivity index (χ1v) is 8.38. The van der Waals surface area contributed by atoms with Crippen molar-refractivity contribution in [2.75, 3.05) is 7.11 Å². The lowest BCUT2D eigenvalue weighted by atomic mass is 10.1. The quantitative estimate of drug-likeness (QED) is 0.693. The van der Waals surface area contributed by atoms with Crippen LogP contribution in [0.4, 0.5) is 0 Å². The first kappa shape index (κ1) is 18.3. The van der Waals surface area contributed by atoms with Crippen molar-refractivity contribution in [2.24, 2.45) is 0 Å². The van der Waals surface area contributed by atoms with E-state index in [9.17, 15) is 14.7 Å². The molecule has 1 aromatic carbocycles. The second-order valence-electron chi connectivity index (χ2n) is 6.27. The number of carbonyl (C=O) groups is 2. The van der Waals surface area contributed by atoms with Gasteiger partial charge in [0, 0.05) is 6.04 Å². The van der Waals surface area contributed by atoms with Crippen LogP contribution >= 0.6 is 0 Å². The lowest BCUT2D eigenvalue weighted by molar-refractivity contribution is 0.0600. The Balaban J connectivity index is 1.98. The first-order chi connectivity index (χ1) is 12.9. The van der Waals surface area contributed by atoms with Crippen LogP contribution < -0.4 is 0 Å². The minimum absolute atomic E-state index is 0.0572. The highest BCUT2D eigenvalue weighted by Crippen LogP contribution is 2.22. The van der Waals surface area contributed by atoms with Crippen LogP contribution in [0.25, 0.3) is 23.2 Å². The van der Waals surface area contributed by atoms with E-state index in [2.05, 4.69) is 14.8 Å². The third kappa shape index (κ3) is 3.72. The van der Waals surface area contributed by atoms with Crippen molar-refractivity contribution in [3.05, 3.63) is 58.9 Å². The molecule has 0 aliphatic heterocycles. The van der Waals surface area contributed by atoms with Gasteiger partial charge in [0.05, 0.1) is 35.5 Å². The number of aromatic carboxylic acids is 1. The van der Waals surface area contributed by atoms with E-state index >= 15 is 0 Å². The van der Waals surface area contributed by atoms with Gasteiger partial charge < -0.3 is 9.84 Å². The zero-order valence-corrected chi connectivity index (χ0v) is 15.2. The molecule has 3 rings (SSSR count). The SMILES string of the molecule is COC(=O)c1ccc(C=Cc2cc(C(=O)O)c3cnn(C(C)C)c3n2)cc1. The maximum Gasteiger partial charge on any atom is 0.337 e. The molecule has 0 saturated heterocycles. The average molecular weight is 365 g/mol. The molecule has 0 amide bonds. The van der Waals surface area contributed by atoms with Crippen LogP contribution in [-0.4, -0.2) is 38.9 Å². The molecule has 0 spiro atoms. The summed E-state index contributed by atoms with van der Waals surface area (Å²) in [6.07, 6.45) is 5.07. The molecule has 27 heavy (non-hydrogen) atoms. The molecule has 2 aromatic heterocycles. The molecule has 0 radical (unpaired) electrons. The standard InChI is InChI=1S/C20H19N3O4/c1-12(2)23-18-17(11-21-23)16(19(24)25)10-15(22-18)9-6-13-4-7-14(8-5-13)20(26)27-3/h4-12H,1-3H3,(H,24,25). The van der Waals surface area contributed by atoms with Crippen molar-refractivity contribution >= 4 is 35.1 Å². The molecule has 0 saturated carbocycles.